The zero-order chi connectivity index (χ0) is 20.4. The molecule has 0 aliphatic carbocycles. The van der Waals surface area contributed by atoms with Crippen LogP contribution in [0.2, 0.25) is 0 Å². The zero-order valence-corrected chi connectivity index (χ0v) is 18.1. The van der Waals surface area contributed by atoms with E-state index in [-0.39, 0.29) is 18.4 Å². The molecule has 1 atom stereocenters. The van der Waals surface area contributed by atoms with E-state index in [9.17, 15) is 13.2 Å². The average Bonchev–Trinajstić information content (AvgIpc) is 2.65. The summed E-state index contributed by atoms with van der Waals surface area (Å²) < 4.78 is 33.7. The van der Waals surface area contributed by atoms with Gasteiger partial charge in [-0.15, -0.1) is 0 Å². The number of amides is 1. The number of aryl methyl sites for hydroxylation is 1. The molecular formula is C20H32N2O4S. The molecule has 1 unspecified atom stereocenters. The van der Waals surface area contributed by atoms with Crippen molar-refractivity contribution in [2.24, 2.45) is 5.92 Å². The third-order valence-electron chi connectivity index (χ3n) is 5.60. The maximum Gasteiger partial charge on any atom is 0.243 e. The number of carbonyl (C=O) groups is 1. The van der Waals surface area contributed by atoms with Crippen LogP contribution < -0.4 is 4.74 Å². The van der Waals surface area contributed by atoms with E-state index in [1.165, 1.54) is 4.31 Å². The van der Waals surface area contributed by atoms with Gasteiger partial charge in [-0.2, -0.15) is 4.31 Å². The van der Waals surface area contributed by atoms with Crippen molar-refractivity contribution in [2.75, 3.05) is 33.3 Å². The molecule has 0 spiro atoms. The van der Waals surface area contributed by atoms with Crippen molar-refractivity contribution in [2.45, 2.75) is 52.4 Å². The quantitative estimate of drug-likeness (QED) is 0.742. The molecule has 1 aromatic carbocycles. The molecular weight excluding hydrogens is 364 g/mol. The Labute approximate surface area is 163 Å². The van der Waals surface area contributed by atoms with Crippen LogP contribution in [0.4, 0.5) is 0 Å². The third-order valence-corrected chi connectivity index (χ3v) is 7.76. The van der Waals surface area contributed by atoms with E-state index in [0.29, 0.717) is 47.8 Å². The molecule has 6 nitrogen and oxygen atoms in total. The molecule has 1 amide bonds. The van der Waals surface area contributed by atoms with Gasteiger partial charge in [0.25, 0.3) is 0 Å². The summed E-state index contributed by atoms with van der Waals surface area (Å²) in [4.78, 5) is 14.9. The number of ether oxygens (including phenoxy) is 1. The van der Waals surface area contributed by atoms with Gasteiger partial charge in [-0.3, -0.25) is 4.79 Å². The lowest BCUT2D eigenvalue weighted by molar-refractivity contribution is -0.136. The number of benzene rings is 1. The molecule has 27 heavy (non-hydrogen) atoms. The normalized spacial score (nSPS) is 18.4. The Morgan fingerprint density at radius 3 is 2.41 bits per heavy atom. The van der Waals surface area contributed by atoms with E-state index in [4.69, 9.17) is 4.74 Å². The largest absolute Gasteiger partial charge is 0.496 e. The van der Waals surface area contributed by atoms with E-state index in [1.54, 1.807) is 25.0 Å². The topological polar surface area (TPSA) is 66.9 Å². The maximum atomic E-state index is 13.4. The fraction of sp³-hybridized carbons (Fsp3) is 0.650. The van der Waals surface area contributed by atoms with E-state index < -0.39 is 10.0 Å². The fourth-order valence-electron chi connectivity index (χ4n) is 3.92. The predicted molar refractivity (Wildman–Crippen MR) is 107 cm³/mol. The number of nitrogens with zero attached hydrogens (tertiary/aromatic N) is 2. The minimum Gasteiger partial charge on any atom is -0.496 e. The Hall–Kier alpha value is -1.60. The highest BCUT2D eigenvalue weighted by Crippen LogP contribution is 2.34. The van der Waals surface area contributed by atoms with Gasteiger partial charge in [0.2, 0.25) is 15.9 Å². The van der Waals surface area contributed by atoms with Gasteiger partial charge < -0.3 is 9.64 Å². The van der Waals surface area contributed by atoms with Gasteiger partial charge >= 0.3 is 0 Å². The highest BCUT2D eigenvalue weighted by Gasteiger charge is 2.36. The standard InChI is InChI=1S/C20H32N2O4S/c1-7-21(8-2)20(23)17-10-9-11-22(13-17)27(24,25)19-14(3)12-18(26-6)15(4)16(19)5/h12,17H,7-11,13H2,1-6H3. The van der Waals surface area contributed by atoms with Crippen molar-refractivity contribution < 1.29 is 17.9 Å². The summed E-state index contributed by atoms with van der Waals surface area (Å²) in [5.74, 6) is 0.477. The van der Waals surface area contributed by atoms with Gasteiger partial charge in [-0.25, -0.2) is 8.42 Å². The smallest absolute Gasteiger partial charge is 0.243 e. The second kappa shape index (κ2) is 8.61. The van der Waals surface area contributed by atoms with Crippen LogP contribution in [-0.2, 0) is 14.8 Å². The van der Waals surface area contributed by atoms with Gasteiger partial charge in [0, 0.05) is 26.2 Å². The molecule has 0 aromatic heterocycles. The van der Waals surface area contributed by atoms with Gasteiger partial charge in [0.1, 0.15) is 5.75 Å². The molecule has 152 valence electrons. The molecule has 1 aliphatic rings. The highest BCUT2D eigenvalue weighted by molar-refractivity contribution is 7.89. The van der Waals surface area contributed by atoms with E-state index in [0.717, 1.165) is 12.0 Å². The van der Waals surface area contributed by atoms with Crippen LogP contribution in [0.3, 0.4) is 0 Å². The summed E-state index contributed by atoms with van der Waals surface area (Å²) in [6.45, 7) is 11.4. The number of rotatable bonds is 6. The molecule has 0 radical (unpaired) electrons. The van der Waals surface area contributed by atoms with Crippen molar-refractivity contribution in [3.63, 3.8) is 0 Å². The molecule has 0 bridgehead atoms. The summed E-state index contributed by atoms with van der Waals surface area (Å²) >= 11 is 0. The molecule has 0 N–H and O–H groups in total. The van der Waals surface area contributed by atoms with E-state index >= 15 is 0 Å². The molecule has 0 saturated carbocycles. The number of hydrogen-bond acceptors (Lipinski definition) is 4. The second-order valence-corrected chi connectivity index (χ2v) is 9.06. The van der Waals surface area contributed by atoms with Gasteiger partial charge in [-0.05, 0) is 70.2 Å². The van der Waals surface area contributed by atoms with Crippen LogP contribution in [-0.4, -0.2) is 56.8 Å². The van der Waals surface area contributed by atoms with Crippen molar-refractivity contribution in [1.29, 1.82) is 0 Å². The van der Waals surface area contributed by atoms with Gasteiger partial charge in [0.05, 0.1) is 17.9 Å². The second-order valence-electron chi connectivity index (χ2n) is 7.19. The number of hydrogen-bond donors (Lipinski definition) is 0. The van der Waals surface area contributed by atoms with Crippen LogP contribution in [0.15, 0.2) is 11.0 Å². The van der Waals surface area contributed by atoms with Crippen LogP contribution in [0.1, 0.15) is 43.4 Å². The third kappa shape index (κ3) is 4.14. The summed E-state index contributed by atoms with van der Waals surface area (Å²) in [5.41, 5.74) is 2.21. The Morgan fingerprint density at radius 1 is 1.22 bits per heavy atom. The molecule has 1 fully saturated rings. The van der Waals surface area contributed by atoms with Crippen molar-refractivity contribution in [1.82, 2.24) is 9.21 Å². The molecule has 1 saturated heterocycles. The van der Waals surface area contributed by atoms with E-state index in [2.05, 4.69) is 0 Å². The van der Waals surface area contributed by atoms with Crippen LogP contribution in [0.5, 0.6) is 5.75 Å². The fourth-order valence-corrected chi connectivity index (χ4v) is 5.92. The Bertz CT molecular complexity index is 801. The molecule has 1 heterocycles. The van der Waals surface area contributed by atoms with Crippen LogP contribution in [0, 0.1) is 26.7 Å². The lowest BCUT2D eigenvalue weighted by atomic mass is 9.98. The first kappa shape index (κ1) is 21.7. The van der Waals surface area contributed by atoms with Crippen LogP contribution in [0.25, 0.3) is 0 Å². The maximum absolute atomic E-state index is 13.4. The molecule has 2 rings (SSSR count). The summed E-state index contributed by atoms with van der Waals surface area (Å²) in [6.07, 6.45) is 1.44. The van der Waals surface area contributed by atoms with Gasteiger partial charge in [-0.1, -0.05) is 0 Å². The SMILES string of the molecule is CCN(CC)C(=O)C1CCCN(S(=O)(=O)c2c(C)cc(OC)c(C)c2C)C1. The molecule has 1 aromatic rings. The Morgan fingerprint density at radius 2 is 1.85 bits per heavy atom. The summed E-state index contributed by atoms with van der Waals surface area (Å²) in [6, 6.07) is 1.78. The van der Waals surface area contributed by atoms with Crippen molar-refractivity contribution >= 4 is 15.9 Å². The summed E-state index contributed by atoms with van der Waals surface area (Å²) in [7, 11) is -2.08. The van der Waals surface area contributed by atoms with Crippen molar-refractivity contribution in [3.05, 3.63) is 22.8 Å². The van der Waals surface area contributed by atoms with Gasteiger partial charge in [0.15, 0.2) is 0 Å². The zero-order valence-electron chi connectivity index (χ0n) is 17.3. The minimum absolute atomic E-state index is 0.0549. The molecule has 1 aliphatic heterocycles. The monoisotopic (exact) mass is 396 g/mol. The highest BCUT2D eigenvalue weighted by atomic mass is 32.2. The molecule has 7 heteroatoms. The van der Waals surface area contributed by atoms with Crippen LogP contribution >= 0.6 is 0 Å². The average molecular weight is 397 g/mol. The number of sulfonamides is 1. The first-order valence-corrected chi connectivity index (χ1v) is 11.1. The lowest BCUT2D eigenvalue weighted by Gasteiger charge is -2.34. The number of piperidine rings is 1. The first-order valence-electron chi connectivity index (χ1n) is 9.62. The minimum atomic E-state index is -3.67. The van der Waals surface area contributed by atoms with Crippen molar-refractivity contribution in [3.8, 4) is 5.75 Å². The lowest BCUT2D eigenvalue weighted by Crippen LogP contribution is -2.46. The number of methoxy groups -OCH3 is 1. The van der Waals surface area contributed by atoms with E-state index in [1.807, 2.05) is 27.7 Å². The number of carbonyl (C=O) groups excluding carboxylic acids is 1. The predicted octanol–water partition coefficient (Wildman–Crippen LogP) is 2.89. The summed E-state index contributed by atoms with van der Waals surface area (Å²) in [5, 5.41) is 0. The Balaban J connectivity index is 2.37. The Kier molecular flexibility index (Phi) is 6.92. The first-order chi connectivity index (χ1) is 12.7.